The summed E-state index contributed by atoms with van der Waals surface area (Å²) < 4.78 is 4.56. The number of rotatable bonds is 2. The van der Waals surface area contributed by atoms with Gasteiger partial charge in [0.1, 0.15) is 0 Å². The van der Waals surface area contributed by atoms with Crippen LogP contribution in [0.4, 0.5) is 0 Å². The van der Waals surface area contributed by atoms with Crippen LogP contribution in [0.25, 0.3) is 0 Å². The minimum Gasteiger partial charge on any atom is -0.434 e. The molecule has 2 aliphatic rings. The van der Waals surface area contributed by atoms with Crippen LogP contribution in [0.3, 0.4) is 0 Å². The van der Waals surface area contributed by atoms with Crippen molar-refractivity contribution in [3.8, 4) is 0 Å². The van der Waals surface area contributed by atoms with Gasteiger partial charge in [0, 0.05) is 12.3 Å². The lowest BCUT2D eigenvalue weighted by molar-refractivity contribution is -0.176. The van der Waals surface area contributed by atoms with Crippen molar-refractivity contribution >= 4 is 17.7 Å². The Kier molecular flexibility index (Phi) is 2.46. The van der Waals surface area contributed by atoms with E-state index < -0.39 is 18.3 Å². The monoisotopic (exact) mass is 227 g/mol. The Morgan fingerprint density at radius 2 is 2.19 bits per heavy atom. The number of fused-ring (bicyclic) bond motifs is 1. The number of Topliss-reactive ketones (excluding diaryl/α,β-unsaturated/α-hetero) is 1. The molecule has 2 fully saturated rings. The van der Waals surface area contributed by atoms with E-state index in [0.717, 1.165) is 0 Å². The fourth-order valence-electron chi connectivity index (χ4n) is 2.25. The van der Waals surface area contributed by atoms with Crippen molar-refractivity contribution in [2.45, 2.75) is 38.6 Å². The molecule has 0 aromatic rings. The second-order valence-corrected chi connectivity index (χ2v) is 4.20. The van der Waals surface area contributed by atoms with Gasteiger partial charge in [0.15, 0.2) is 18.1 Å². The van der Waals surface area contributed by atoms with Crippen LogP contribution in [0, 0.1) is 5.92 Å². The lowest BCUT2D eigenvalue weighted by atomic mass is 9.94. The van der Waals surface area contributed by atoms with Gasteiger partial charge in [-0.1, -0.05) is 6.92 Å². The summed E-state index contributed by atoms with van der Waals surface area (Å²) >= 11 is 0. The van der Waals surface area contributed by atoms with Crippen molar-refractivity contribution in [3.05, 3.63) is 0 Å². The number of carbonyl (C=O) groups is 3. The van der Waals surface area contributed by atoms with Gasteiger partial charge in [-0.25, -0.2) is 4.79 Å². The van der Waals surface area contributed by atoms with Crippen molar-refractivity contribution in [1.82, 2.24) is 4.90 Å². The van der Waals surface area contributed by atoms with E-state index in [4.69, 9.17) is 5.11 Å². The maximum atomic E-state index is 11.8. The summed E-state index contributed by atoms with van der Waals surface area (Å²) in [5, 5.41) is 8.91. The Balaban J connectivity index is 2.17. The minimum absolute atomic E-state index is 0.174. The van der Waals surface area contributed by atoms with Crippen molar-refractivity contribution in [2.24, 2.45) is 5.92 Å². The topological polar surface area (TPSA) is 83.9 Å². The molecule has 88 valence electrons. The van der Waals surface area contributed by atoms with E-state index in [2.05, 4.69) is 4.74 Å². The molecule has 4 atom stereocenters. The number of aliphatic hydroxyl groups is 1. The van der Waals surface area contributed by atoms with E-state index in [1.165, 1.54) is 11.8 Å². The van der Waals surface area contributed by atoms with Crippen molar-refractivity contribution in [2.75, 3.05) is 0 Å². The summed E-state index contributed by atoms with van der Waals surface area (Å²) in [6.45, 7) is 2.97. The summed E-state index contributed by atoms with van der Waals surface area (Å²) in [5.41, 5.74) is 0. The van der Waals surface area contributed by atoms with Gasteiger partial charge in [0.25, 0.3) is 0 Å². The molecule has 2 rings (SSSR count). The number of esters is 1. The highest BCUT2D eigenvalue weighted by molar-refractivity contribution is 6.11. The van der Waals surface area contributed by atoms with Gasteiger partial charge in [-0.2, -0.15) is 0 Å². The van der Waals surface area contributed by atoms with E-state index in [1.54, 1.807) is 6.92 Å². The van der Waals surface area contributed by atoms with Crippen LogP contribution in [0.1, 0.15) is 20.3 Å². The van der Waals surface area contributed by atoms with Crippen molar-refractivity contribution in [3.63, 3.8) is 0 Å². The van der Waals surface area contributed by atoms with Crippen molar-refractivity contribution in [1.29, 1.82) is 0 Å². The summed E-state index contributed by atoms with van der Waals surface area (Å²) in [7, 11) is 0. The van der Waals surface area contributed by atoms with E-state index in [1.807, 2.05) is 0 Å². The van der Waals surface area contributed by atoms with Gasteiger partial charge in [-0.05, 0) is 6.92 Å². The highest BCUT2D eigenvalue weighted by Crippen LogP contribution is 2.37. The number of aliphatic hydroxyl groups excluding tert-OH is 1. The van der Waals surface area contributed by atoms with Gasteiger partial charge < -0.3 is 14.7 Å². The quantitative estimate of drug-likeness (QED) is 0.285. The standard InChI is InChI=1S/C10H13NO5/c1-4-6-3-7(13)11(6)8(9(4)14)10(15)16-5(2)12/h4-6,8,12H,3H2,1-2H3/t4?,5-,6-,8?/m1/s1. The molecule has 0 aliphatic carbocycles. The summed E-state index contributed by atoms with van der Waals surface area (Å²) in [6.07, 6.45) is -0.961. The number of β-lactam (4-membered cyclic amide) rings is 1. The molecule has 1 amide bonds. The van der Waals surface area contributed by atoms with E-state index in [0.29, 0.717) is 6.42 Å². The molecule has 2 saturated heterocycles. The first-order valence-electron chi connectivity index (χ1n) is 5.17. The first-order valence-corrected chi connectivity index (χ1v) is 5.17. The molecular formula is C10H13NO5. The second-order valence-electron chi connectivity index (χ2n) is 4.20. The van der Waals surface area contributed by atoms with Crippen LogP contribution in [0.2, 0.25) is 0 Å². The zero-order valence-corrected chi connectivity index (χ0v) is 9.04. The molecule has 6 heteroatoms. The van der Waals surface area contributed by atoms with E-state index in [9.17, 15) is 14.4 Å². The Morgan fingerprint density at radius 1 is 1.56 bits per heavy atom. The fourth-order valence-corrected chi connectivity index (χ4v) is 2.25. The molecule has 0 saturated carbocycles. The first kappa shape index (κ1) is 11.1. The zero-order valence-electron chi connectivity index (χ0n) is 9.04. The SMILES string of the molecule is CC1C(=O)C(C(=O)O[C@H](C)O)N2C(=O)C[C@H]12. The molecule has 2 aliphatic heterocycles. The number of ether oxygens (including phenoxy) is 1. The molecule has 0 aromatic carbocycles. The Labute approximate surface area is 92.2 Å². The molecule has 0 spiro atoms. The maximum absolute atomic E-state index is 11.8. The van der Waals surface area contributed by atoms with Gasteiger partial charge in [-0.3, -0.25) is 9.59 Å². The predicted octanol–water partition coefficient (Wildman–Crippen LogP) is -0.944. The fraction of sp³-hybridized carbons (Fsp3) is 0.700. The highest BCUT2D eigenvalue weighted by atomic mass is 16.6. The second kappa shape index (κ2) is 3.55. The molecule has 2 unspecified atom stereocenters. The predicted molar refractivity (Wildman–Crippen MR) is 51.0 cm³/mol. The normalized spacial score (nSPS) is 34.4. The third kappa shape index (κ3) is 1.41. The average molecular weight is 227 g/mol. The van der Waals surface area contributed by atoms with Crippen LogP contribution >= 0.6 is 0 Å². The largest absolute Gasteiger partial charge is 0.434 e. The third-order valence-electron chi connectivity index (χ3n) is 3.11. The summed E-state index contributed by atoms with van der Waals surface area (Å²) in [4.78, 5) is 35.9. The summed E-state index contributed by atoms with van der Waals surface area (Å²) in [5.74, 6) is -1.69. The van der Waals surface area contributed by atoms with Crippen LogP contribution < -0.4 is 0 Å². The number of ketones is 1. The number of nitrogens with zero attached hydrogens (tertiary/aromatic N) is 1. The summed E-state index contributed by atoms with van der Waals surface area (Å²) in [6, 6.07) is -1.33. The van der Waals surface area contributed by atoms with Gasteiger partial charge in [0.05, 0.1) is 6.04 Å². The lowest BCUT2D eigenvalue weighted by Gasteiger charge is -2.37. The Bertz CT molecular complexity index is 364. The minimum atomic E-state index is -1.27. The smallest absolute Gasteiger partial charge is 0.339 e. The molecular weight excluding hydrogens is 214 g/mol. The van der Waals surface area contributed by atoms with E-state index in [-0.39, 0.29) is 23.7 Å². The number of amides is 1. The molecule has 0 radical (unpaired) electrons. The molecule has 2 heterocycles. The average Bonchev–Trinajstić information content (AvgIpc) is 2.37. The molecule has 6 nitrogen and oxygen atoms in total. The Morgan fingerprint density at radius 3 is 2.69 bits per heavy atom. The van der Waals surface area contributed by atoms with Gasteiger partial charge in [-0.15, -0.1) is 0 Å². The first-order chi connectivity index (χ1) is 7.43. The van der Waals surface area contributed by atoms with Crippen molar-refractivity contribution < 1.29 is 24.2 Å². The van der Waals surface area contributed by atoms with Gasteiger partial charge >= 0.3 is 5.97 Å². The number of carbonyl (C=O) groups excluding carboxylic acids is 3. The molecule has 0 bridgehead atoms. The highest BCUT2D eigenvalue weighted by Gasteiger charge is 2.58. The third-order valence-corrected chi connectivity index (χ3v) is 3.11. The Hall–Kier alpha value is -1.43. The molecule has 16 heavy (non-hydrogen) atoms. The van der Waals surface area contributed by atoms with Crippen LogP contribution in [-0.2, 0) is 19.1 Å². The van der Waals surface area contributed by atoms with Crippen LogP contribution in [0.5, 0.6) is 0 Å². The van der Waals surface area contributed by atoms with Crippen LogP contribution in [-0.4, -0.2) is 46.0 Å². The number of hydrogen-bond acceptors (Lipinski definition) is 5. The molecule has 0 aromatic heterocycles. The van der Waals surface area contributed by atoms with Gasteiger partial charge in [0.2, 0.25) is 5.91 Å². The number of hydrogen-bond donors (Lipinski definition) is 1. The zero-order chi connectivity index (χ0) is 12.0. The molecule has 1 N–H and O–H groups in total. The lowest BCUT2D eigenvalue weighted by Crippen LogP contribution is -2.56. The van der Waals surface area contributed by atoms with Crippen LogP contribution in [0.15, 0.2) is 0 Å². The van der Waals surface area contributed by atoms with E-state index >= 15 is 0 Å². The maximum Gasteiger partial charge on any atom is 0.339 e.